The van der Waals surface area contributed by atoms with Gasteiger partial charge in [-0.25, -0.2) is 4.79 Å². The van der Waals surface area contributed by atoms with Crippen LogP contribution < -0.4 is 10.1 Å². The normalized spacial score (nSPS) is 15.7. The molecule has 1 fully saturated rings. The summed E-state index contributed by atoms with van der Waals surface area (Å²) in [6.45, 7) is 0.704. The van der Waals surface area contributed by atoms with Gasteiger partial charge in [0.25, 0.3) is 0 Å². The number of urea groups is 1. The summed E-state index contributed by atoms with van der Waals surface area (Å²) in [6, 6.07) is 31.7. The molecular formula is C26H22N2O2S. The first kappa shape index (κ1) is 19.5. The Morgan fingerprint density at radius 1 is 0.871 bits per heavy atom. The summed E-state index contributed by atoms with van der Waals surface area (Å²) in [5, 5.41) is 5.23. The minimum Gasteiger partial charge on any atom is -0.457 e. The zero-order chi connectivity index (χ0) is 21.0. The van der Waals surface area contributed by atoms with Crippen LogP contribution in [0.25, 0.3) is 10.8 Å². The van der Waals surface area contributed by atoms with Crippen LogP contribution in [0.15, 0.2) is 97.1 Å². The molecule has 0 saturated carbocycles. The highest BCUT2D eigenvalue weighted by Gasteiger charge is 2.31. The van der Waals surface area contributed by atoms with Gasteiger partial charge in [-0.1, -0.05) is 66.7 Å². The van der Waals surface area contributed by atoms with Crippen LogP contribution in [0, 0.1) is 0 Å². The Morgan fingerprint density at radius 3 is 2.52 bits per heavy atom. The second-order valence-electron chi connectivity index (χ2n) is 7.36. The van der Waals surface area contributed by atoms with Crippen LogP contribution in [0.2, 0.25) is 0 Å². The number of para-hydroxylation sites is 1. The van der Waals surface area contributed by atoms with E-state index in [0.29, 0.717) is 6.54 Å². The zero-order valence-electron chi connectivity index (χ0n) is 16.9. The predicted octanol–water partition coefficient (Wildman–Crippen LogP) is 6.91. The molecule has 4 nitrogen and oxygen atoms in total. The third kappa shape index (κ3) is 4.23. The van der Waals surface area contributed by atoms with E-state index in [9.17, 15) is 4.79 Å². The van der Waals surface area contributed by atoms with Gasteiger partial charge in [0.15, 0.2) is 0 Å². The van der Waals surface area contributed by atoms with Gasteiger partial charge in [0.2, 0.25) is 0 Å². The summed E-state index contributed by atoms with van der Waals surface area (Å²) in [5.74, 6) is 2.46. The number of carbonyl (C=O) groups excluding carboxylic acids is 1. The van der Waals surface area contributed by atoms with E-state index in [1.165, 1.54) is 0 Å². The number of nitrogens with one attached hydrogen (secondary N) is 1. The Hall–Kier alpha value is -3.44. The number of amides is 2. The Labute approximate surface area is 185 Å². The molecule has 31 heavy (non-hydrogen) atoms. The van der Waals surface area contributed by atoms with Gasteiger partial charge in [-0.15, -0.1) is 11.8 Å². The Kier molecular flexibility index (Phi) is 5.50. The van der Waals surface area contributed by atoms with Crippen LogP contribution in [0.4, 0.5) is 10.5 Å². The number of rotatable bonds is 4. The highest BCUT2D eigenvalue weighted by molar-refractivity contribution is 7.99. The maximum absolute atomic E-state index is 13.2. The molecule has 1 saturated heterocycles. The SMILES string of the molecule is O=C(Nc1cccc2ccccc12)N1CCS[C@H]1c1cccc(Oc2ccccc2)c1. The van der Waals surface area contributed by atoms with Gasteiger partial charge >= 0.3 is 6.03 Å². The lowest BCUT2D eigenvalue weighted by Gasteiger charge is -2.25. The summed E-state index contributed by atoms with van der Waals surface area (Å²) in [5.41, 5.74) is 1.89. The Balaban J connectivity index is 1.36. The van der Waals surface area contributed by atoms with Gasteiger partial charge in [-0.05, 0) is 41.3 Å². The number of fused-ring (bicyclic) bond motifs is 1. The second kappa shape index (κ2) is 8.74. The van der Waals surface area contributed by atoms with Crippen molar-refractivity contribution >= 4 is 34.3 Å². The van der Waals surface area contributed by atoms with Gasteiger partial charge in [0, 0.05) is 17.7 Å². The Bertz CT molecular complexity index is 1210. The molecule has 0 aromatic heterocycles. The first-order valence-corrected chi connectivity index (χ1v) is 11.3. The van der Waals surface area contributed by atoms with Gasteiger partial charge in [-0.2, -0.15) is 0 Å². The maximum Gasteiger partial charge on any atom is 0.323 e. The average Bonchev–Trinajstić information content (AvgIpc) is 3.31. The molecule has 0 radical (unpaired) electrons. The molecule has 5 heteroatoms. The molecule has 4 aromatic carbocycles. The number of carbonyl (C=O) groups is 1. The van der Waals surface area contributed by atoms with E-state index in [1.807, 2.05) is 83.8 Å². The van der Waals surface area contributed by atoms with Gasteiger partial charge in [0.1, 0.15) is 16.9 Å². The van der Waals surface area contributed by atoms with E-state index in [4.69, 9.17) is 4.74 Å². The first-order chi connectivity index (χ1) is 15.3. The van der Waals surface area contributed by atoms with Crippen molar-refractivity contribution in [2.75, 3.05) is 17.6 Å². The minimum absolute atomic E-state index is 0.0469. The lowest BCUT2D eigenvalue weighted by Crippen LogP contribution is -2.34. The third-order valence-electron chi connectivity index (χ3n) is 5.31. The minimum atomic E-state index is -0.0827. The number of ether oxygens (including phenoxy) is 1. The van der Waals surface area contributed by atoms with Crippen molar-refractivity contribution in [1.29, 1.82) is 0 Å². The summed E-state index contributed by atoms with van der Waals surface area (Å²) < 4.78 is 5.99. The van der Waals surface area contributed by atoms with E-state index in [2.05, 4.69) is 23.5 Å². The quantitative estimate of drug-likeness (QED) is 0.385. The largest absolute Gasteiger partial charge is 0.457 e. The summed E-state index contributed by atoms with van der Waals surface area (Å²) in [7, 11) is 0. The highest BCUT2D eigenvalue weighted by atomic mass is 32.2. The maximum atomic E-state index is 13.2. The van der Waals surface area contributed by atoms with Crippen LogP contribution in [0.3, 0.4) is 0 Å². The molecule has 1 N–H and O–H groups in total. The van der Waals surface area contributed by atoms with Crippen LogP contribution in [0.1, 0.15) is 10.9 Å². The van der Waals surface area contributed by atoms with E-state index < -0.39 is 0 Å². The number of benzene rings is 4. The topological polar surface area (TPSA) is 41.6 Å². The number of thioether (sulfide) groups is 1. The van der Waals surface area contributed by atoms with E-state index in [0.717, 1.165) is 39.3 Å². The summed E-state index contributed by atoms with van der Waals surface area (Å²) in [4.78, 5) is 15.1. The molecule has 4 aromatic rings. The van der Waals surface area contributed by atoms with Crippen LogP contribution in [0.5, 0.6) is 11.5 Å². The lowest BCUT2D eigenvalue weighted by atomic mass is 10.1. The fraction of sp³-hybridized carbons (Fsp3) is 0.115. The molecule has 0 bridgehead atoms. The molecule has 0 unspecified atom stereocenters. The van der Waals surface area contributed by atoms with E-state index in [-0.39, 0.29) is 11.4 Å². The second-order valence-corrected chi connectivity index (χ2v) is 8.55. The molecule has 154 valence electrons. The number of nitrogens with zero attached hydrogens (tertiary/aromatic N) is 1. The van der Waals surface area contributed by atoms with Gasteiger partial charge in [0.05, 0.1) is 5.69 Å². The van der Waals surface area contributed by atoms with Crippen molar-refractivity contribution in [2.45, 2.75) is 5.37 Å². The molecular weight excluding hydrogens is 404 g/mol. The smallest absolute Gasteiger partial charge is 0.323 e. The Morgan fingerprint density at radius 2 is 1.61 bits per heavy atom. The standard InChI is InChI=1S/C26H22N2O2S/c29-26(27-24-15-7-9-19-8-4-5-14-23(19)24)28-16-17-31-25(28)20-10-6-13-22(18-20)30-21-11-2-1-3-12-21/h1-15,18,25H,16-17H2,(H,27,29)/t25-/m0/s1. The van der Waals surface area contributed by atoms with Gasteiger partial charge in [-0.3, -0.25) is 0 Å². The van der Waals surface area contributed by atoms with Crippen molar-refractivity contribution in [3.05, 3.63) is 103 Å². The first-order valence-electron chi connectivity index (χ1n) is 10.3. The third-order valence-corrected chi connectivity index (χ3v) is 6.57. The summed E-state index contributed by atoms with van der Waals surface area (Å²) >= 11 is 1.77. The predicted molar refractivity (Wildman–Crippen MR) is 128 cm³/mol. The number of hydrogen-bond donors (Lipinski definition) is 1. The van der Waals surface area contributed by atoms with Crippen molar-refractivity contribution < 1.29 is 9.53 Å². The van der Waals surface area contributed by atoms with Crippen molar-refractivity contribution in [2.24, 2.45) is 0 Å². The average molecular weight is 427 g/mol. The molecule has 0 spiro atoms. The molecule has 0 aliphatic carbocycles. The molecule has 1 aliphatic rings. The summed E-state index contributed by atoms with van der Waals surface area (Å²) in [6.07, 6.45) is 0. The molecule has 1 atom stereocenters. The highest BCUT2D eigenvalue weighted by Crippen LogP contribution is 2.40. The fourth-order valence-electron chi connectivity index (χ4n) is 3.83. The van der Waals surface area contributed by atoms with Crippen molar-refractivity contribution in [1.82, 2.24) is 4.90 Å². The molecule has 1 heterocycles. The van der Waals surface area contributed by atoms with E-state index >= 15 is 0 Å². The van der Waals surface area contributed by atoms with Crippen LogP contribution >= 0.6 is 11.8 Å². The monoisotopic (exact) mass is 426 g/mol. The van der Waals surface area contributed by atoms with E-state index in [1.54, 1.807) is 11.8 Å². The molecule has 1 aliphatic heterocycles. The molecule has 2 amide bonds. The van der Waals surface area contributed by atoms with Crippen LogP contribution in [-0.2, 0) is 0 Å². The number of hydrogen-bond acceptors (Lipinski definition) is 3. The van der Waals surface area contributed by atoms with Gasteiger partial charge < -0.3 is 15.0 Å². The number of anilines is 1. The van der Waals surface area contributed by atoms with Crippen molar-refractivity contribution in [3.8, 4) is 11.5 Å². The molecule has 5 rings (SSSR count). The lowest BCUT2D eigenvalue weighted by molar-refractivity contribution is 0.214. The fourth-order valence-corrected chi connectivity index (χ4v) is 5.08. The van der Waals surface area contributed by atoms with Crippen LogP contribution in [-0.4, -0.2) is 23.2 Å². The zero-order valence-corrected chi connectivity index (χ0v) is 17.7. The van der Waals surface area contributed by atoms with Crippen molar-refractivity contribution in [3.63, 3.8) is 0 Å².